The molecule has 2 aliphatic heterocycles. The van der Waals surface area contributed by atoms with E-state index in [0.717, 1.165) is 44.9 Å². The zero-order chi connectivity index (χ0) is 26.7. The van der Waals surface area contributed by atoms with Gasteiger partial charge in [-0.1, -0.05) is 59.6 Å². The van der Waals surface area contributed by atoms with Crippen molar-refractivity contribution in [1.82, 2.24) is 5.32 Å². The van der Waals surface area contributed by atoms with Gasteiger partial charge < -0.3 is 19.6 Å². The quantitative estimate of drug-likeness (QED) is 0.293. The standard InChI is InChI=1S/C30H47NO5/c1-8-12-29(6,25(28(4,5)19-32)11-15-35-21(3)33)23-9-13-30(7)24(20(23)2)17-27(34)36-26(30)16-22-10-14-31-18-22/h10,14,17,19-20,22-23,25-26,31H,8-9,11-13,15-16,18H2,1-7H3/t20-,22-,23?,25?,26-,29+,30+/m0/s1. The Labute approximate surface area is 217 Å². The molecule has 36 heavy (non-hydrogen) atoms. The Morgan fingerprint density at radius 3 is 2.67 bits per heavy atom. The Hall–Kier alpha value is -2.11. The van der Waals surface area contributed by atoms with Crippen LogP contribution in [0.25, 0.3) is 0 Å². The first kappa shape index (κ1) is 28.5. The summed E-state index contributed by atoms with van der Waals surface area (Å²) in [6.07, 6.45) is 12.3. The number of hydrogen-bond donors (Lipinski definition) is 1. The van der Waals surface area contributed by atoms with Gasteiger partial charge in [0.05, 0.1) is 6.61 Å². The largest absolute Gasteiger partial charge is 0.466 e. The van der Waals surface area contributed by atoms with Crippen molar-refractivity contribution in [3.63, 3.8) is 0 Å². The van der Waals surface area contributed by atoms with E-state index in [0.29, 0.717) is 24.9 Å². The summed E-state index contributed by atoms with van der Waals surface area (Å²) in [4.78, 5) is 36.6. The van der Waals surface area contributed by atoms with Gasteiger partial charge >= 0.3 is 11.9 Å². The van der Waals surface area contributed by atoms with Crippen molar-refractivity contribution in [2.45, 2.75) is 93.1 Å². The van der Waals surface area contributed by atoms with Gasteiger partial charge in [0, 0.05) is 30.4 Å². The van der Waals surface area contributed by atoms with Crippen LogP contribution in [-0.4, -0.2) is 37.5 Å². The van der Waals surface area contributed by atoms with Crippen molar-refractivity contribution >= 4 is 18.2 Å². The highest BCUT2D eigenvalue weighted by atomic mass is 16.5. The molecule has 0 aromatic rings. The molecular formula is C30H47NO5. The Balaban J connectivity index is 1.95. The van der Waals surface area contributed by atoms with Crippen LogP contribution in [0.1, 0.15) is 87.0 Å². The van der Waals surface area contributed by atoms with Crippen LogP contribution in [0.4, 0.5) is 0 Å². The highest BCUT2D eigenvalue weighted by molar-refractivity contribution is 5.84. The maximum Gasteiger partial charge on any atom is 0.331 e. The molecule has 0 bridgehead atoms. The summed E-state index contributed by atoms with van der Waals surface area (Å²) in [5, 5.41) is 3.27. The average molecular weight is 502 g/mol. The second kappa shape index (κ2) is 11.1. The molecule has 3 rings (SSSR count). The van der Waals surface area contributed by atoms with Crippen molar-refractivity contribution in [3.05, 3.63) is 23.9 Å². The van der Waals surface area contributed by atoms with E-state index in [9.17, 15) is 14.4 Å². The Morgan fingerprint density at radius 2 is 2.08 bits per heavy atom. The van der Waals surface area contributed by atoms with Crippen LogP contribution < -0.4 is 5.32 Å². The number of rotatable bonds is 11. The van der Waals surface area contributed by atoms with E-state index in [1.807, 2.05) is 20.0 Å². The molecule has 1 saturated carbocycles. The molecule has 1 aliphatic carbocycles. The van der Waals surface area contributed by atoms with Crippen LogP contribution >= 0.6 is 0 Å². The van der Waals surface area contributed by atoms with E-state index in [2.05, 4.69) is 39.1 Å². The molecule has 0 amide bonds. The number of fused-ring (bicyclic) bond motifs is 1. The van der Waals surface area contributed by atoms with Crippen molar-refractivity contribution in [1.29, 1.82) is 0 Å². The predicted octanol–water partition coefficient (Wildman–Crippen LogP) is 5.61. The first-order chi connectivity index (χ1) is 16.9. The van der Waals surface area contributed by atoms with Gasteiger partial charge in [0.15, 0.2) is 0 Å². The topological polar surface area (TPSA) is 81.7 Å². The molecule has 0 saturated heterocycles. The van der Waals surface area contributed by atoms with Gasteiger partial charge in [-0.25, -0.2) is 4.79 Å². The molecule has 6 heteroatoms. The smallest absolute Gasteiger partial charge is 0.331 e. The van der Waals surface area contributed by atoms with Crippen molar-refractivity contribution in [2.24, 2.45) is 39.9 Å². The number of carbonyl (C=O) groups excluding carboxylic acids is 3. The van der Waals surface area contributed by atoms with E-state index in [4.69, 9.17) is 9.47 Å². The summed E-state index contributed by atoms with van der Waals surface area (Å²) in [7, 11) is 0. The normalized spacial score (nSPS) is 32.4. The minimum absolute atomic E-state index is 0.0419. The van der Waals surface area contributed by atoms with Crippen molar-refractivity contribution < 1.29 is 23.9 Å². The van der Waals surface area contributed by atoms with Gasteiger partial charge in [0.25, 0.3) is 0 Å². The summed E-state index contributed by atoms with van der Waals surface area (Å²) in [5.74, 6) is 0.383. The molecular weight excluding hydrogens is 454 g/mol. The molecule has 7 atom stereocenters. The fourth-order valence-electron chi connectivity index (χ4n) is 7.91. The summed E-state index contributed by atoms with van der Waals surface area (Å²) in [6, 6.07) is 0. The third kappa shape index (κ3) is 5.57. The third-order valence-electron chi connectivity index (χ3n) is 9.70. The molecule has 2 heterocycles. The molecule has 2 unspecified atom stereocenters. The fraction of sp³-hybridized carbons (Fsp3) is 0.767. The number of cyclic esters (lactones) is 1. The SMILES string of the molecule is CCC[C@](C)(C1CC[C@]2(C)C(=CC(=O)O[C@H]2C[C@@H]2C=CNC2)[C@H]1C)C(CCOC(C)=O)C(C)(C)C=O. The molecule has 0 radical (unpaired) electrons. The predicted molar refractivity (Wildman–Crippen MR) is 141 cm³/mol. The molecule has 0 aromatic heterocycles. The van der Waals surface area contributed by atoms with E-state index in [-0.39, 0.29) is 40.7 Å². The minimum Gasteiger partial charge on any atom is -0.466 e. The monoisotopic (exact) mass is 501 g/mol. The maximum atomic E-state index is 12.8. The molecule has 0 aromatic carbocycles. The van der Waals surface area contributed by atoms with Gasteiger partial charge in [0.2, 0.25) is 0 Å². The Bertz CT molecular complexity index is 892. The van der Waals surface area contributed by atoms with E-state index in [1.54, 1.807) is 6.08 Å². The highest BCUT2D eigenvalue weighted by Crippen LogP contribution is 2.60. The summed E-state index contributed by atoms with van der Waals surface area (Å²) < 4.78 is 11.3. The van der Waals surface area contributed by atoms with Crippen LogP contribution in [0, 0.1) is 39.9 Å². The van der Waals surface area contributed by atoms with Crippen LogP contribution in [0.5, 0.6) is 0 Å². The van der Waals surface area contributed by atoms with Gasteiger partial charge in [-0.3, -0.25) is 4.79 Å². The molecule has 6 nitrogen and oxygen atoms in total. The lowest BCUT2D eigenvalue weighted by Crippen LogP contribution is -2.53. The lowest BCUT2D eigenvalue weighted by molar-refractivity contribution is -0.156. The maximum absolute atomic E-state index is 12.8. The van der Waals surface area contributed by atoms with Gasteiger partial charge in [0.1, 0.15) is 12.4 Å². The summed E-state index contributed by atoms with van der Waals surface area (Å²) >= 11 is 0. The number of esters is 2. The average Bonchev–Trinajstić information content (AvgIpc) is 3.31. The van der Waals surface area contributed by atoms with Crippen LogP contribution in [0.3, 0.4) is 0 Å². The molecule has 3 aliphatic rings. The number of carbonyl (C=O) groups is 3. The molecule has 1 fully saturated rings. The lowest BCUT2D eigenvalue weighted by Gasteiger charge is -2.57. The number of hydrogen-bond acceptors (Lipinski definition) is 6. The summed E-state index contributed by atoms with van der Waals surface area (Å²) in [6.45, 7) is 15.7. The fourth-order valence-corrected chi connectivity index (χ4v) is 7.91. The summed E-state index contributed by atoms with van der Waals surface area (Å²) in [5.41, 5.74) is 0.311. The van der Waals surface area contributed by atoms with E-state index in [1.165, 1.54) is 12.5 Å². The number of aldehydes is 1. The van der Waals surface area contributed by atoms with Gasteiger partial charge in [-0.05, 0) is 67.4 Å². The first-order valence-corrected chi connectivity index (χ1v) is 13.8. The number of nitrogens with one attached hydrogen (secondary N) is 1. The van der Waals surface area contributed by atoms with Crippen LogP contribution in [-0.2, 0) is 23.9 Å². The van der Waals surface area contributed by atoms with Crippen molar-refractivity contribution in [2.75, 3.05) is 13.2 Å². The highest BCUT2D eigenvalue weighted by Gasteiger charge is 2.56. The minimum atomic E-state index is -0.561. The lowest BCUT2D eigenvalue weighted by atomic mass is 9.48. The molecule has 0 spiro atoms. The van der Waals surface area contributed by atoms with Crippen LogP contribution in [0.2, 0.25) is 0 Å². The Morgan fingerprint density at radius 1 is 1.36 bits per heavy atom. The second-order valence-corrected chi connectivity index (χ2v) is 12.5. The van der Waals surface area contributed by atoms with Crippen molar-refractivity contribution in [3.8, 4) is 0 Å². The van der Waals surface area contributed by atoms with Gasteiger partial charge in [-0.2, -0.15) is 0 Å². The molecule has 1 N–H and O–H groups in total. The first-order valence-electron chi connectivity index (χ1n) is 13.8. The van der Waals surface area contributed by atoms with Gasteiger partial charge in [-0.15, -0.1) is 0 Å². The van der Waals surface area contributed by atoms with E-state index < -0.39 is 5.41 Å². The third-order valence-corrected chi connectivity index (χ3v) is 9.70. The number of ether oxygens (including phenoxy) is 2. The zero-order valence-corrected chi connectivity index (χ0v) is 23.4. The van der Waals surface area contributed by atoms with Crippen LogP contribution in [0.15, 0.2) is 23.9 Å². The zero-order valence-electron chi connectivity index (χ0n) is 23.4. The molecule has 202 valence electrons. The second-order valence-electron chi connectivity index (χ2n) is 12.5. The van der Waals surface area contributed by atoms with E-state index >= 15 is 0 Å². The Kier molecular flexibility index (Phi) is 8.78.